The Morgan fingerprint density at radius 1 is 1.21 bits per heavy atom. The van der Waals surface area contributed by atoms with Crippen LogP contribution in [-0.2, 0) is 6.42 Å². The lowest BCUT2D eigenvalue weighted by Crippen LogP contribution is -2.22. The molecule has 0 spiro atoms. The van der Waals surface area contributed by atoms with E-state index in [-0.39, 0.29) is 0 Å². The van der Waals surface area contributed by atoms with Crippen molar-refractivity contribution in [2.45, 2.75) is 12.5 Å². The second kappa shape index (κ2) is 6.75. The minimum absolute atomic E-state index is 0.449. The van der Waals surface area contributed by atoms with Gasteiger partial charge in [-0.15, -0.1) is 0 Å². The fourth-order valence-electron chi connectivity index (χ4n) is 1.80. The number of methoxy groups -OCH3 is 1. The van der Waals surface area contributed by atoms with Crippen molar-refractivity contribution in [1.29, 1.82) is 0 Å². The smallest absolute Gasteiger partial charge is 0.125 e. The van der Waals surface area contributed by atoms with Crippen molar-refractivity contribution in [3.8, 4) is 5.75 Å². The first-order valence-electron chi connectivity index (χ1n) is 6.24. The second-order valence-electron chi connectivity index (χ2n) is 4.30. The average Bonchev–Trinajstić information content (AvgIpc) is 2.47. The molecule has 19 heavy (non-hydrogen) atoms. The van der Waals surface area contributed by atoms with Gasteiger partial charge in [-0.3, -0.25) is 0 Å². The SMILES string of the molecule is COc1ccc(C[C@H](O)CNc2ccccn2)cc1. The van der Waals surface area contributed by atoms with Gasteiger partial charge < -0.3 is 15.2 Å². The predicted octanol–water partition coefficient (Wildman–Crippen LogP) is 2.11. The van der Waals surface area contributed by atoms with Gasteiger partial charge in [-0.1, -0.05) is 18.2 Å². The monoisotopic (exact) mass is 258 g/mol. The van der Waals surface area contributed by atoms with Crippen molar-refractivity contribution >= 4 is 5.82 Å². The highest BCUT2D eigenvalue weighted by Crippen LogP contribution is 2.13. The van der Waals surface area contributed by atoms with Gasteiger partial charge in [0.25, 0.3) is 0 Å². The molecule has 0 unspecified atom stereocenters. The molecule has 0 aliphatic carbocycles. The molecule has 0 radical (unpaired) electrons. The largest absolute Gasteiger partial charge is 0.497 e. The Kier molecular flexibility index (Phi) is 4.75. The number of nitrogens with zero attached hydrogens (tertiary/aromatic N) is 1. The van der Waals surface area contributed by atoms with Crippen molar-refractivity contribution in [3.05, 3.63) is 54.2 Å². The minimum atomic E-state index is -0.449. The number of aromatic nitrogens is 1. The molecule has 1 atom stereocenters. The van der Waals surface area contributed by atoms with Crippen molar-refractivity contribution in [2.75, 3.05) is 19.0 Å². The third-order valence-electron chi connectivity index (χ3n) is 2.81. The number of aliphatic hydroxyl groups is 1. The molecule has 1 aromatic carbocycles. The zero-order chi connectivity index (χ0) is 13.5. The Labute approximate surface area is 113 Å². The van der Waals surface area contributed by atoms with E-state index in [1.807, 2.05) is 42.5 Å². The normalized spacial score (nSPS) is 11.9. The van der Waals surface area contributed by atoms with E-state index in [2.05, 4.69) is 10.3 Å². The van der Waals surface area contributed by atoms with Crippen molar-refractivity contribution in [3.63, 3.8) is 0 Å². The third-order valence-corrected chi connectivity index (χ3v) is 2.81. The molecular formula is C15H18N2O2. The number of nitrogens with one attached hydrogen (secondary N) is 1. The van der Waals surface area contributed by atoms with Gasteiger partial charge in [0.2, 0.25) is 0 Å². The van der Waals surface area contributed by atoms with Gasteiger partial charge >= 0.3 is 0 Å². The number of hydrogen-bond donors (Lipinski definition) is 2. The Morgan fingerprint density at radius 2 is 2.00 bits per heavy atom. The van der Waals surface area contributed by atoms with Gasteiger partial charge in [-0.2, -0.15) is 0 Å². The topological polar surface area (TPSA) is 54.4 Å². The zero-order valence-electron chi connectivity index (χ0n) is 10.9. The third kappa shape index (κ3) is 4.26. The quantitative estimate of drug-likeness (QED) is 0.833. The van der Waals surface area contributed by atoms with Crippen LogP contribution in [0.4, 0.5) is 5.82 Å². The van der Waals surface area contributed by atoms with Crippen molar-refractivity contribution < 1.29 is 9.84 Å². The maximum Gasteiger partial charge on any atom is 0.125 e. The van der Waals surface area contributed by atoms with E-state index in [4.69, 9.17) is 4.74 Å². The summed E-state index contributed by atoms with van der Waals surface area (Å²) in [4.78, 5) is 4.14. The number of hydrogen-bond acceptors (Lipinski definition) is 4. The zero-order valence-corrected chi connectivity index (χ0v) is 10.9. The summed E-state index contributed by atoms with van der Waals surface area (Å²) in [5.74, 6) is 1.60. The number of aliphatic hydroxyl groups excluding tert-OH is 1. The van der Waals surface area contributed by atoms with Crippen LogP contribution in [-0.4, -0.2) is 29.8 Å². The standard InChI is InChI=1S/C15H18N2O2/c1-19-14-7-5-12(6-8-14)10-13(18)11-17-15-4-2-3-9-16-15/h2-9,13,18H,10-11H2,1H3,(H,16,17)/t13-/m0/s1. The summed E-state index contributed by atoms with van der Waals surface area (Å²) < 4.78 is 5.10. The minimum Gasteiger partial charge on any atom is -0.497 e. The molecule has 0 bridgehead atoms. The molecule has 0 aliphatic heterocycles. The first-order chi connectivity index (χ1) is 9.28. The summed E-state index contributed by atoms with van der Waals surface area (Å²) >= 11 is 0. The Morgan fingerprint density at radius 3 is 2.63 bits per heavy atom. The van der Waals surface area contributed by atoms with Gasteiger partial charge in [-0.25, -0.2) is 4.98 Å². The molecule has 1 heterocycles. The van der Waals surface area contributed by atoms with E-state index in [0.29, 0.717) is 13.0 Å². The van der Waals surface area contributed by atoms with Crippen LogP contribution in [0.15, 0.2) is 48.7 Å². The van der Waals surface area contributed by atoms with Gasteiger partial charge in [0, 0.05) is 19.2 Å². The van der Waals surface area contributed by atoms with E-state index < -0.39 is 6.10 Å². The highest BCUT2D eigenvalue weighted by molar-refractivity contribution is 5.33. The van der Waals surface area contributed by atoms with E-state index >= 15 is 0 Å². The van der Waals surface area contributed by atoms with Crippen molar-refractivity contribution in [2.24, 2.45) is 0 Å². The molecule has 0 amide bonds. The fourth-order valence-corrected chi connectivity index (χ4v) is 1.80. The van der Waals surface area contributed by atoms with Crippen LogP contribution in [0.25, 0.3) is 0 Å². The number of benzene rings is 1. The van der Waals surface area contributed by atoms with E-state index in [9.17, 15) is 5.11 Å². The summed E-state index contributed by atoms with van der Waals surface area (Å²) in [5, 5.41) is 13.1. The Balaban J connectivity index is 1.82. The molecule has 4 heteroatoms. The number of ether oxygens (including phenoxy) is 1. The number of rotatable bonds is 6. The molecular weight excluding hydrogens is 240 g/mol. The maximum absolute atomic E-state index is 9.97. The molecule has 100 valence electrons. The second-order valence-corrected chi connectivity index (χ2v) is 4.30. The molecule has 2 aromatic rings. The molecule has 2 rings (SSSR count). The molecule has 1 aromatic heterocycles. The molecule has 0 aliphatic rings. The highest BCUT2D eigenvalue weighted by Gasteiger charge is 2.06. The fraction of sp³-hybridized carbons (Fsp3) is 0.267. The summed E-state index contributed by atoms with van der Waals surface area (Å²) in [7, 11) is 1.64. The summed E-state index contributed by atoms with van der Waals surface area (Å²) in [6, 6.07) is 13.4. The van der Waals surface area contributed by atoms with Crippen LogP contribution in [0.2, 0.25) is 0 Å². The molecule has 2 N–H and O–H groups in total. The van der Waals surface area contributed by atoms with E-state index in [1.165, 1.54) is 0 Å². The van der Waals surface area contributed by atoms with Crippen LogP contribution in [0.1, 0.15) is 5.56 Å². The van der Waals surface area contributed by atoms with Gasteiger partial charge in [0.05, 0.1) is 13.2 Å². The molecule has 0 fully saturated rings. The van der Waals surface area contributed by atoms with Gasteiger partial charge in [0.1, 0.15) is 11.6 Å². The van der Waals surface area contributed by atoms with Crippen LogP contribution < -0.4 is 10.1 Å². The van der Waals surface area contributed by atoms with Crippen LogP contribution in [0, 0.1) is 0 Å². The highest BCUT2D eigenvalue weighted by atomic mass is 16.5. The Hall–Kier alpha value is -2.07. The summed E-state index contributed by atoms with van der Waals surface area (Å²) in [5.41, 5.74) is 1.08. The molecule has 4 nitrogen and oxygen atoms in total. The average molecular weight is 258 g/mol. The first-order valence-corrected chi connectivity index (χ1v) is 6.24. The molecule has 0 saturated carbocycles. The van der Waals surface area contributed by atoms with Gasteiger partial charge in [0.15, 0.2) is 0 Å². The first kappa shape index (κ1) is 13.4. The maximum atomic E-state index is 9.97. The number of pyridine rings is 1. The predicted molar refractivity (Wildman–Crippen MR) is 75.4 cm³/mol. The summed E-state index contributed by atoms with van der Waals surface area (Å²) in [6.07, 6.45) is 1.87. The van der Waals surface area contributed by atoms with Gasteiger partial charge in [-0.05, 0) is 29.8 Å². The van der Waals surface area contributed by atoms with Crippen LogP contribution >= 0.6 is 0 Å². The lowest BCUT2D eigenvalue weighted by Gasteiger charge is -2.12. The number of anilines is 1. The van der Waals surface area contributed by atoms with Crippen LogP contribution in [0.3, 0.4) is 0 Å². The summed E-state index contributed by atoms with van der Waals surface area (Å²) in [6.45, 7) is 0.475. The Bertz CT molecular complexity index is 485. The van der Waals surface area contributed by atoms with Crippen LogP contribution in [0.5, 0.6) is 5.75 Å². The lowest BCUT2D eigenvalue weighted by atomic mass is 10.1. The molecule has 0 saturated heterocycles. The lowest BCUT2D eigenvalue weighted by molar-refractivity contribution is 0.188. The van der Waals surface area contributed by atoms with E-state index in [1.54, 1.807) is 13.3 Å². The van der Waals surface area contributed by atoms with Crippen molar-refractivity contribution in [1.82, 2.24) is 4.98 Å². The van der Waals surface area contributed by atoms with E-state index in [0.717, 1.165) is 17.1 Å².